The summed E-state index contributed by atoms with van der Waals surface area (Å²) in [6.45, 7) is 3.90. The topological polar surface area (TPSA) is 79.2 Å². The third-order valence-corrected chi connectivity index (χ3v) is 4.95. The van der Waals surface area contributed by atoms with Gasteiger partial charge in [0.15, 0.2) is 5.17 Å². The highest BCUT2D eigenvalue weighted by Crippen LogP contribution is 2.34. The number of nitrogens with zero attached hydrogens (tertiary/aromatic N) is 2. The highest BCUT2D eigenvalue weighted by atomic mass is 32.2. The lowest BCUT2D eigenvalue weighted by Gasteiger charge is -2.12. The first-order valence-corrected chi connectivity index (χ1v) is 9.52. The Balaban J connectivity index is 1.91. The van der Waals surface area contributed by atoms with Gasteiger partial charge in [0.25, 0.3) is 5.91 Å². The zero-order chi connectivity index (χ0) is 20.3. The first kappa shape index (κ1) is 19.7. The van der Waals surface area contributed by atoms with Crippen LogP contribution in [0.15, 0.2) is 58.4 Å². The van der Waals surface area contributed by atoms with Crippen molar-refractivity contribution in [2.75, 3.05) is 7.05 Å². The van der Waals surface area contributed by atoms with E-state index in [0.29, 0.717) is 21.5 Å². The van der Waals surface area contributed by atoms with Crippen molar-refractivity contribution in [3.63, 3.8) is 0 Å². The molecule has 0 aliphatic carbocycles. The number of carbonyl (C=O) groups excluding carboxylic acids is 1. The molecule has 1 amide bonds. The number of aliphatic imine (C=N–C) groups is 1. The summed E-state index contributed by atoms with van der Waals surface area (Å²) in [4.78, 5) is 30.2. The van der Waals surface area contributed by atoms with Gasteiger partial charge in [-0.25, -0.2) is 9.79 Å². The van der Waals surface area contributed by atoms with Crippen molar-refractivity contribution in [2.45, 2.75) is 20.0 Å². The van der Waals surface area contributed by atoms with Crippen LogP contribution in [0.25, 0.3) is 6.08 Å². The van der Waals surface area contributed by atoms with Gasteiger partial charge < -0.3 is 9.84 Å². The fraction of sp³-hybridized carbons (Fsp3) is 0.190. The number of rotatable bonds is 5. The van der Waals surface area contributed by atoms with E-state index in [1.54, 1.807) is 25.3 Å². The van der Waals surface area contributed by atoms with E-state index in [4.69, 9.17) is 9.84 Å². The average Bonchev–Trinajstić information content (AvgIpc) is 2.91. The second kappa shape index (κ2) is 8.31. The fourth-order valence-electron chi connectivity index (χ4n) is 2.57. The van der Waals surface area contributed by atoms with E-state index in [1.807, 2.05) is 38.1 Å². The molecule has 1 fully saturated rings. The molecular weight excluding hydrogens is 376 g/mol. The molecule has 3 rings (SSSR count). The number of para-hydroxylation sites is 1. The van der Waals surface area contributed by atoms with Gasteiger partial charge in [0.1, 0.15) is 5.75 Å². The molecule has 0 unspecified atom stereocenters. The summed E-state index contributed by atoms with van der Waals surface area (Å²) in [7, 11) is 1.65. The number of benzene rings is 2. The van der Waals surface area contributed by atoms with Gasteiger partial charge in [-0.15, -0.1) is 0 Å². The number of carboxylic acids is 1. The summed E-state index contributed by atoms with van der Waals surface area (Å²) in [5, 5.41) is 9.61. The number of carboxylic acid groups (broad SMARTS) is 1. The second-order valence-electron chi connectivity index (χ2n) is 6.43. The zero-order valence-corrected chi connectivity index (χ0v) is 16.6. The van der Waals surface area contributed by atoms with Crippen LogP contribution in [-0.4, -0.2) is 40.2 Å². The molecule has 0 radical (unpaired) electrons. The van der Waals surface area contributed by atoms with Gasteiger partial charge in [0.05, 0.1) is 22.3 Å². The molecule has 0 bridgehead atoms. The van der Waals surface area contributed by atoms with Gasteiger partial charge in [0, 0.05) is 12.6 Å². The van der Waals surface area contributed by atoms with Gasteiger partial charge in [-0.2, -0.15) is 0 Å². The van der Waals surface area contributed by atoms with Crippen LogP contribution in [0.1, 0.15) is 29.8 Å². The van der Waals surface area contributed by atoms with Crippen molar-refractivity contribution in [1.29, 1.82) is 0 Å². The van der Waals surface area contributed by atoms with Crippen LogP contribution in [-0.2, 0) is 4.79 Å². The number of thioether (sulfide) groups is 1. The number of amidine groups is 1. The van der Waals surface area contributed by atoms with Crippen LogP contribution in [0.5, 0.6) is 5.75 Å². The molecule has 1 aliphatic rings. The summed E-state index contributed by atoms with van der Waals surface area (Å²) in [5.41, 5.74) is 1.44. The predicted molar refractivity (Wildman–Crippen MR) is 111 cm³/mol. The summed E-state index contributed by atoms with van der Waals surface area (Å²) >= 11 is 1.24. The zero-order valence-electron chi connectivity index (χ0n) is 15.7. The highest BCUT2D eigenvalue weighted by Gasteiger charge is 2.30. The number of ether oxygens (including phenoxy) is 1. The molecule has 0 spiro atoms. The second-order valence-corrected chi connectivity index (χ2v) is 7.44. The number of hydrogen-bond acceptors (Lipinski definition) is 5. The summed E-state index contributed by atoms with van der Waals surface area (Å²) in [5.74, 6) is -0.481. The standard InChI is InChI=1S/C21H20N2O4S/c1-13(2)27-17-10-5-4-7-14(17)12-18-19(24)23(3)21(28-18)22-16-9-6-8-15(11-16)20(25)26/h4-13H,1-3H3,(H,25,26)/b18-12+,22-21?. The maximum atomic E-state index is 12.6. The van der Waals surface area contributed by atoms with E-state index in [0.717, 1.165) is 5.56 Å². The smallest absolute Gasteiger partial charge is 0.335 e. The van der Waals surface area contributed by atoms with Gasteiger partial charge in [0.2, 0.25) is 0 Å². The number of carbonyl (C=O) groups is 2. The fourth-order valence-corrected chi connectivity index (χ4v) is 3.55. The van der Waals surface area contributed by atoms with E-state index >= 15 is 0 Å². The molecule has 6 nitrogen and oxygen atoms in total. The molecule has 1 saturated heterocycles. The largest absolute Gasteiger partial charge is 0.490 e. The van der Waals surface area contributed by atoms with Crippen molar-refractivity contribution in [1.82, 2.24) is 4.90 Å². The highest BCUT2D eigenvalue weighted by molar-refractivity contribution is 8.18. The monoisotopic (exact) mass is 396 g/mol. The SMILES string of the molecule is CC(C)Oc1ccccc1/C=C1/SC(=Nc2cccc(C(=O)O)c2)N(C)C1=O. The molecule has 0 atom stereocenters. The normalized spacial score (nSPS) is 17.0. The molecule has 2 aromatic carbocycles. The van der Waals surface area contributed by atoms with Crippen LogP contribution in [0, 0.1) is 0 Å². The molecule has 2 aromatic rings. The van der Waals surface area contributed by atoms with E-state index in [9.17, 15) is 9.59 Å². The van der Waals surface area contributed by atoms with Gasteiger partial charge in [-0.3, -0.25) is 9.69 Å². The number of likely N-dealkylation sites (N-methyl/N-ethyl adjacent to an activating group) is 1. The average molecular weight is 396 g/mol. The Hall–Kier alpha value is -3.06. The van der Waals surface area contributed by atoms with Crippen LogP contribution >= 0.6 is 11.8 Å². The Morgan fingerprint density at radius 3 is 2.68 bits per heavy atom. The lowest BCUT2D eigenvalue weighted by Crippen LogP contribution is -2.23. The number of aromatic carboxylic acids is 1. The van der Waals surface area contributed by atoms with Crippen molar-refractivity contribution in [3.8, 4) is 5.75 Å². The van der Waals surface area contributed by atoms with Crippen LogP contribution < -0.4 is 4.74 Å². The van der Waals surface area contributed by atoms with Crippen molar-refractivity contribution in [3.05, 3.63) is 64.6 Å². The molecule has 1 N–H and O–H groups in total. The lowest BCUT2D eigenvalue weighted by molar-refractivity contribution is -0.121. The molecule has 1 aliphatic heterocycles. The molecule has 144 valence electrons. The molecule has 0 saturated carbocycles. The van der Waals surface area contributed by atoms with Crippen molar-refractivity contribution >= 4 is 40.6 Å². The van der Waals surface area contributed by atoms with Gasteiger partial charge in [-0.05, 0) is 56.0 Å². The Morgan fingerprint density at radius 1 is 1.21 bits per heavy atom. The van der Waals surface area contributed by atoms with E-state index in [2.05, 4.69) is 4.99 Å². The first-order chi connectivity index (χ1) is 13.3. The number of hydrogen-bond donors (Lipinski definition) is 1. The maximum Gasteiger partial charge on any atom is 0.335 e. The Bertz CT molecular complexity index is 982. The third-order valence-electron chi connectivity index (χ3n) is 3.89. The summed E-state index contributed by atoms with van der Waals surface area (Å²) in [6.07, 6.45) is 1.81. The minimum absolute atomic E-state index is 0.0211. The minimum atomic E-state index is -1.02. The lowest BCUT2D eigenvalue weighted by atomic mass is 10.2. The van der Waals surface area contributed by atoms with Crippen LogP contribution in [0.3, 0.4) is 0 Å². The van der Waals surface area contributed by atoms with Crippen LogP contribution in [0.4, 0.5) is 5.69 Å². The quantitative estimate of drug-likeness (QED) is 0.758. The Kier molecular flexibility index (Phi) is 5.84. The van der Waals surface area contributed by atoms with Crippen molar-refractivity contribution in [2.24, 2.45) is 4.99 Å². The van der Waals surface area contributed by atoms with Crippen molar-refractivity contribution < 1.29 is 19.4 Å². The summed E-state index contributed by atoms with van der Waals surface area (Å²) in [6, 6.07) is 13.8. The molecule has 0 aromatic heterocycles. The van der Waals surface area contributed by atoms with E-state index in [1.165, 1.54) is 28.8 Å². The predicted octanol–water partition coefficient (Wildman–Crippen LogP) is 4.41. The summed E-state index contributed by atoms with van der Waals surface area (Å²) < 4.78 is 5.81. The van der Waals surface area contributed by atoms with Gasteiger partial charge in [-0.1, -0.05) is 24.3 Å². The molecule has 1 heterocycles. The van der Waals surface area contributed by atoms with Gasteiger partial charge >= 0.3 is 5.97 Å². The Morgan fingerprint density at radius 2 is 1.96 bits per heavy atom. The Labute approximate surface area is 167 Å². The first-order valence-electron chi connectivity index (χ1n) is 8.70. The number of amides is 1. The molecule has 28 heavy (non-hydrogen) atoms. The maximum absolute atomic E-state index is 12.6. The van der Waals surface area contributed by atoms with E-state index in [-0.39, 0.29) is 17.6 Å². The van der Waals surface area contributed by atoms with Crippen LogP contribution in [0.2, 0.25) is 0 Å². The molecule has 7 heteroatoms. The third kappa shape index (κ3) is 4.43. The van der Waals surface area contributed by atoms with E-state index < -0.39 is 5.97 Å². The molecular formula is C21H20N2O4S. The minimum Gasteiger partial charge on any atom is -0.490 e.